The fourth-order valence-corrected chi connectivity index (χ4v) is 2.19. The van der Waals surface area contributed by atoms with Crippen molar-refractivity contribution in [2.45, 2.75) is 19.3 Å². The Morgan fingerprint density at radius 1 is 1.67 bits per heavy atom. The van der Waals surface area contributed by atoms with E-state index in [1.54, 1.807) is 17.9 Å². The normalized spacial score (nSPS) is 24.2. The predicted molar refractivity (Wildman–Crippen MR) is 62.0 cm³/mol. The number of ketones is 1. The SMILES string of the molecule is Cn1cc(CCC2(C(=O)O)COCCC2=O)cn1. The molecule has 98 valence electrons. The Morgan fingerprint density at radius 2 is 2.44 bits per heavy atom. The van der Waals surface area contributed by atoms with Crippen LogP contribution in [0.2, 0.25) is 0 Å². The second kappa shape index (κ2) is 4.89. The van der Waals surface area contributed by atoms with Gasteiger partial charge in [0.1, 0.15) is 5.41 Å². The number of nitrogens with zero attached hydrogens (tertiary/aromatic N) is 2. The molecule has 1 aliphatic heterocycles. The van der Waals surface area contributed by atoms with Crippen LogP contribution in [0.15, 0.2) is 12.4 Å². The van der Waals surface area contributed by atoms with Crippen LogP contribution < -0.4 is 0 Å². The highest BCUT2D eigenvalue weighted by molar-refractivity contribution is 6.03. The van der Waals surface area contributed by atoms with Crippen molar-refractivity contribution >= 4 is 11.8 Å². The number of Topliss-reactive ketones (excluding diaryl/α,β-unsaturated/α-hetero) is 1. The van der Waals surface area contributed by atoms with Crippen LogP contribution in [0.1, 0.15) is 18.4 Å². The third-order valence-electron chi connectivity index (χ3n) is 3.36. The highest BCUT2D eigenvalue weighted by Gasteiger charge is 2.47. The molecule has 1 fully saturated rings. The molecule has 1 N–H and O–H groups in total. The van der Waals surface area contributed by atoms with Gasteiger partial charge in [0.2, 0.25) is 0 Å². The Hall–Kier alpha value is -1.69. The standard InChI is InChI=1S/C12H16N2O4/c1-14-7-9(6-13-14)2-4-12(11(16)17)8-18-5-3-10(12)15/h6-7H,2-5,8H2,1H3,(H,16,17). The third-order valence-corrected chi connectivity index (χ3v) is 3.36. The zero-order chi connectivity index (χ0) is 13.2. The Bertz CT molecular complexity index is 468. The summed E-state index contributed by atoms with van der Waals surface area (Å²) in [5.74, 6) is -1.32. The van der Waals surface area contributed by atoms with E-state index in [0.29, 0.717) is 13.0 Å². The number of carbonyl (C=O) groups excluding carboxylic acids is 1. The molecule has 0 spiro atoms. The van der Waals surface area contributed by atoms with Crippen LogP contribution in [0.3, 0.4) is 0 Å². The number of carbonyl (C=O) groups is 2. The van der Waals surface area contributed by atoms with Crippen LogP contribution in [0.5, 0.6) is 0 Å². The molecule has 0 amide bonds. The minimum atomic E-state index is -1.38. The van der Waals surface area contributed by atoms with Gasteiger partial charge in [-0.05, 0) is 18.4 Å². The van der Waals surface area contributed by atoms with E-state index in [0.717, 1.165) is 5.56 Å². The fraction of sp³-hybridized carbons (Fsp3) is 0.583. The van der Waals surface area contributed by atoms with Gasteiger partial charge in [-0.1, -0.05) is 0 Å². The highest BCUT2D eigenvalue weighted by Crippen LogP contribution is 2.31. The second-order valence-corrected chi connectivity index (χ2v) is 4.64. The number of rotatable bonds is 4. The number of aliphatic carboxylic acids is 1. The van der Waals surface area contributed by atoms with E-state index < -0.39 is 11.4 Å². The lowest BCUT2D eigenvalue weighted by Gasteiger charge is -2.31. The van der Waals surface area contributed by atoms with Gasteiger partial charge >= 0.3 is 5.97 Å². The monoisotopic (exact) mass is 252 g/mol. The van der Waals surface area contributed by atoms with Gasteiger partial charge < -0.3 is 9.84 Å². The fourth-order valence-electron chi connectivity index (χ4n) is 2.19. The summed E-state index contributed by atoms with van der Waals surface area (Å²) in [5, 5.41) is 13.3. The van der Waals surface area contributed by atoms with Crippen molar-refractivity contribution in [3.8, 4) is 0 Å². The van der Waals surface area contributed by atoms with E-state index in [9.17, 15) is 14.7 Å². The van der Waals surface area contributed by atoms with Crippen molar-refractivity contribution < 1.29 is 19.4 Å². The number of hydrogen-bond acceptors (Lipinski definition) is 4. The minimum absolute atomic E-state index is 0.0264. The molecule has 1 aliphatic rings. The molecule has 6 heteroatoms. The zero-order valence-corrected chi connectivity index (χ0v) is 10.3. The lowest BCUT2D eigenvalue weighted by molar-refractivity contribution is -0.165. The third kappa shape index (κ3) is 2.28. The van der Waals surface area contributed by atoms with Crippen molar-refractivity contribution in [2.75, 3.05) is 13.2 Å². The van der Waals surface area contributed by atoms with E-state index in [1.165, 1.54) is 0 Å². The molecule has 0 aliphatic carbocycles. The van der Waals surface area contributed by atoms with Gasteiger partial charge in [0.25, 0.3) is 0 Å². The maximum Gasteiger partial charge on any atom is 0.319 e. The van der Waals surface area contributed by atoms with Crippen LogP contribution in [-0.4, -0.2) is 39.9 Å². The first-order valence-electron chi connectivity index (χ1n) is 5.86. The highest BCUT2D eigenvalue weighted by atomic mass is 16.5. The zero-order valence-electron chi connectivity index (χ0n) is 10.3. The molecular weight excluding hydrogens is 236 g/mol. The smallest absolute Gasteiger partial charge is 0.319 e. The van der Waals surface area contributed by atoms with Gasteiger partial charge in [-0.25, -0.2) is 0 Å². The average molecular weight is 252 g/mol. The summed E-state index contributed by atoms with van der Waals surface area (Å²) < 4.78 is 6.84. The van der Waals surface area contributed by atoms with Crippen LogP contribution in [0.25, 0.3) is 0 Å². The molecular formula is C12H16N2O4. The van der Waals surface area contributed by atoms with E-state index in [4.69, 9.17) is 4.74 Å². The second-order valence-electron chi connectivity index (χ2n) is 4.64. The first kappa shape index (κ1) is 12.8. The Balaban J connectivity index is 2.11. The molecule has 2 rings (SSSR count). The minimum Gasteiger partial charge on any atom is -0.480 e. The van der Waals surface area contributed by atoms with Crippen molar-refractivity contribution in [3.05, 3.63) is 18.0 Å². The molecule has 0 aromatic carbocycles. The Kier molecular flexibility index (Phi) is 3.47. The molecule has 6 nitrogen and oxygen atoms in total. The van der Waals surface area contributed by atoms with Crippen LogP contribution in [0.4, 0.5) is 0 Å². The van der Waals surface area contributed by atoms with Crippen LogP contribution in [-0.2, 0) is 27.8 Å². The molecule has 0 radical (unpaired) electrons. The van der Waals surface area contributed by atoms with Gasteiger partial charge in [0.15, 0.2) is 5.78 Å². The quantitative estimate of drug-likeness (QED) is 0.785. The maximum absolute atomic E-state index is 11.9. The van der Waals surface area contributed by atoms with Crippen molar-refractivity contribution in [1.82, 2.24) is 9.78 Å². The number of aromatic nitrogens is 2. The molecule has 1 aromatic heterocycles. The van der Waals surface area contributed by atoms with Gasteiger partial charge in [0, 0.05) is 19.7 Å². The summed E-state index contributed by atoms with van der Waals surface area (Å²) in [5.41, 5.74) is -0.454. The molecule has 1 saturated heterocycles. The van der Waals surface area contributed by atoms with Crippen LogP contribution >= 0.6 is 0 Å². The number of carboxylic acids is 1. The molecule has 0 saturated carbocycles. The largest absolute Gasteiger partial charge is 0.480 e. The van der Waals surface area contributed by atoms with Gasteiger partial charge in [-0.2, -0.15) is 5.10 Å². The first-order valence-corrected chi connectivity index (χ1v) is 5.86. The summed E-state index contributed by atoms with van der Waals surface area (Å²) >= 11 is 0. The van der Waals surface area contributed by atoms with E-state index in [2.05, 4.69) is 5.10 Å². The number of aryl methyl sites for hydroxylation is 2. The van der Waals surface area contributed by atoms with Crippen molar-refractivity contribution in [3.63, 3.8) is 0 Å². The van der Waals surface area contributed by atoms with Gasteiger partial charge in [-0.3, -0.25) is 14.3 Å². The van der Waals surface area contributed by atoms with E-state index in [1.807, 2.05) is 6.20 Å². The lowest BCUT2D eigenvalue weighted by atomic mass is 9.77. The van der Waals surface area contributed by atoms with Crippen LogP contribution in [0, 0.1) is 5.41 Å². The first-order chi connectivity index (χ1) is 8.54. The number of carboxylic acid groups (broad SMARTS) is 1. The van der Waals surface area contributed by atoms with E-state index in [-0.39, 0.29) is 25.2 Å². The molecule has 1 atom stereocenters. The molecule has 2 heterocycles. The summed E-state index contributed by atoms with van der Waals surface area (Å²) in [6.45, 7) is 0.294. The number of ether oxygens (including phenoxy) is 1. The Labute approximate surface area is 105 Å². The summed E-state index contributed by atoms with van der Waals surface area (Å²) in [7, 11) is 1.80. The molecule has 1 aromatic rings. The van der Waals surface area contributed by atoms with Gasteiger partial charge in [0.05, 0.1) is 19.4 Å². The lowest BCUT2D eigenvalue weighted by Crippen LogP contribution is -2.47. The number of hydrogen-bond donors (Lipinski definition) is 1. The average Bonchev–Trinajstić information content (AvgIpc) is 2.74. The Morgan fingerprint density at radius 3 is 3.00 bits per heavy atom. The summed E-state index contributed by atoms with van der Waals surface area (Å²) in [6, 6.07) is 0. The molecule has 18 heavy (non-hydrogen) atoms. The molecule has 1 unspecified atom stereocenters. The maximum atomic E-state index is 11.9. The van der Waals surface area contributed by atoms with E-state index >= 15 is 0 Å². The topological polar surface area (TPSA) is 81.4 Å². The van der Waals surface area contributed by atoms with Crippen molar-refractivity contribution in [2.24, 2.45) is 12.5 Å². The summed E-state index contributed by atoms with van der Waals surface area (Å²) in [6.07, 6.45) is 4.45. The predicted octanol–water partition coefficient (Wildman–Crippen LogP) is 0.413. The summed E-state index contributed by atoms with van der Waals surface area (Å²) in [4.78, 5) is 23.3. The molecule has 0 bridgehead atoms. The van der Waals surface area contributed by atoms with Crippen molar-refractivity contribution in [1.29, 1.82) is 0 Å². The van der Waals surface area contributed by atoms with Gasteiger partial charge in [-0.15, -0.1) is 0 Å².